The van der Waals surface area contributed by atoms with Crippen LogP contribution in [0, 0.1) is 17.8 Å². The molecule has 0 fully saturated rings. The van der Waals surface area contributed by atoms with Crippen molar-refractivity contribution < 1.29 is 24.0 Å². The Bertz CT molecular complexity index is 1030. The maximum atomic E-state index is 13.7. The molecule has 247 valence electrons. The minimum Gasteiger partial charge on any atom is -0.344 e. The van der Waals surface area contributed by atoms with Gasteiger partial charge in [0.25, 0.3) is 0 Å². The second-order valence-electron chi connectivity index (χ2n) is 12.8. The van der Waals surface area contributed by atoms with Gasteiger partial charge < -0.3 is 32.7 Å². The normalized spacial score (nSPS) is 14.8. The number of hydrogen-bond donors (Lipinski definition) is 6. The molecule has 0 heterocycles. The van der Waals surface area contributed by atoms with Crippen LogP contribution in [0.2, 0.25) is 0 Å². The van der Waals surface area contributed by atoms with Gasteiger partial charge in [0.05, 0.1) is 12.1 Å². The van der Waals surface area contributed by atoms with Crippen LogP contribution in [0.1, 0.15) is 85.6 Å². The number of rotatable bonds is 21. The number of nitrogens with two attached hydrogens (primary N) is 2. The summed E-state index contributed by atoms with van der Waals surface area (Å²) in [5, 5.41) is 11.1. The summed E-state index contributed by atoms with van der Waals surface area (Å²) in [6, 6.07) is 4.73. The lowest BCUT2D eigenvalue weighted by atomic mass is 9.98. The molecule has 8 N–H and O–H groups in total. The Kier molecular flexibility index (Phi) is 18.1. The van der Waals surface area contributed by atoms with E-state index in [4.69, 9.17) is 11.5 Å². The third kappa shape index (κ3) is 15.4. The van der Waals surface area contributed by atoms with Crippen LogP contribution in [0.15, 0.2) is 30.3 Å². The number of unbranched alkanes of at least 4 members (excludes halogenated alkanes) is 1. The van der Waals surface area contributed by atoms with E-state index < -0.39 is 53.8 Å². The highest BCUT2D eigenvalue weighted by Gasteiger charge is 2.32. The van der Waals surface area contributed by atoms with Crippen LogP contribution in [0.3, 0.4) is 0 Å². The van der Waals surface area contributed by atoms with Crippen molar-refractivity contribution in [1.29, 1.82) is 0 Å². The fourth-order valence-corrected chi connectivity index (χ4v) is 4.83. The van der Waals surface area contributed by atoms with E-state index in [-0.39, 0.29) is 24.2 Å². The molecule has 0 aliphatic heterocycles. The number of hydrogen-bond acceptors (Lipinski definition) is 7. The largest absolute Gasteiger partial charge is 0.344 e. The van der Waals surface area contributed by atoms with Gasteiger partial charge in [0.15, 0.2) is 0 Å². The maximum Gasteiger partial charge on any atom is 0.243 e. The number of carbonyl (C=O) groups is 4. The number of amides is 4. The van der Waals surface area contributed by atoms with Gasteiger partial charge in [-0.2, -0.15) is 0 Å². The van der Waals surface area contributed by atoms with Gasteiger partial charge in [-0.1, -0.05) is 71.9 Å². The van der Waals surface area contributed by atoms with Crippen LogP contribution >= 0.6 is 0 Å². The van der Waals surface area contributed by atoms with E-state index in [1.165, 1.54) is 0 Å². The van der Waals surface area contributed by atoms with Crippen molar-refractivity contribution in [1.82, 2.24) is 21.3 Å². The minimum atomic E-state index is -1.04. The maximum absolute atomic E-state index is 13.7. The molecule has 4 amide bonds. The second-order valence-corrected chi connectivity index (χ2v) is 12.8. The Labute approximate surface area is 263 Å². The smallest absolute Gasteiger partial charge is 0.243 e. The topological polar surface area (TPSA) is 186 Å². The van der Waals surface area contributed by atoms with Crippen LogP contribution in [0.5, 0.6) is 0 Å². The van der Waals surface area contributed by atoms with Crippen LogP contribution in [-0.4, -0.2) is 66.7 Å². The lowest BCUT2D eigenvalue weighted by Crippen LogP contribution is -2.59. The molecule has 1 aromatic carbocycles. The Morgan fingerprint density at radius 2 is 1.16 bits per heavy atom. The van der Waals surface area contributed by atoms with Crippen molar-refractivity contribution in [3.05, 3.63) is 35.9 Å². The van der Waals surface area contributed by atoms with E-state index in [1.807, 2.05) is 78.2 Å². The molecule has 0 aliphatic carbocycles. The lowest BCUT2D eigenvalue weighted by molar-refractivity contribution is -0.134. The molecule has 0 saturated heterocycles. The van der Waals surface area contributed by atoms with E-state index in [0.29, 0.717) is 45.1 Å². The van der Waals surface area contributed by atoms with Gasteiger partial charge in [-0.25, -0.2) is 0 Å². The number of benzene rings is 1. The van der Waals surface area contributed by atoms with Crippen LogP contribution in [0.4, 0.5) is 0 Å². The first kappa shape index (κ1) is 38.7. The predicted octanol–water partition coefficient (Wildman–Crippen LogP) is 1.87. The van der Waals surface area contributed by atoms with Crippen molar-refractivity contribution in [3.63, 3.8) is 0 Å². The van der Waals surface area contributed by atoms with Crippen molar-refractivity contribution in [2.75, 3.05) is 6.54 Å². The molecule has 0 aromatic heterocycles. The fourth-order valence-electron chi connectivity index (χ4n) is 4.83. The molecule has 0 saturated carbocycles. The van der Waals surface area contributed by atoms with E-state index in [1.54, 1.807) is 0 Å². The molecular formula is C33H55N6O5. The molecule has 0 spiro atoms. The van der Waals surface area contributed by atoms with Gasteiger partial charge in [-0.3, -0.25) is 24.0 Å². The van der Waals surface area contributed by atoms with Gasteiger partial charge in [0, 0.05) is 6.42 Å². The molecule has 1 rings (SSSR count). The first-order valence-corrected chi connectivity index (χ1v) is 15.9. The molecule has 11 heteroatoms. The third-order valence-corrected chi connectivity index (χ3v) is 7.06. The average Bonchev–Trinajstić information content (AvgIpc) is 2.95. The van der Waals surface area contributed by atoms with Crippen LogP contribution in [-0.2, 0) is 30.4 Å². The third-order valence-electron chi connectivity index (χ3n) is 7.06. The second kappa shape index (κ2) is 20.6. The molecule has 11 nitrogen and oxygen atoms in total. The molecular weight excluding hydrogens is 560 g/mol. The van der Waals surface area contributed by atoms with Crippen molar-refractivity contribution in [2.24, 2.45) is 29.2 Å². The summed E-state index contributed by atoms with van der Waals surface area (Å²) in [6.45, 7) is 12.1. The highest BCUT2D eigenvalue weighted by Crippen LogP contribution is 2.12. The molecule has 0 aliphatic rings. The first-order chi connectivity index (χ1) is 20.8. The van der Waals surface area contributed by atoms with E-state index in [9.17, 15) is 24.0 Å². The summed E-state index contributed by atoms with van der Waals surface area (Å²) in [5.41, 5.74) is 12.4. The molecule has 1 radical (unpaired) electrons. The Balaban J connectivity index is 3.21. The zero-order valence-corrected chi connectivity index (χ0v) is 27.4. The van der Waals surface area contributed by atoms with Gasteiger partial charge in [0.1, 0.15) is 18.1 Å². The summed E-state index contributed by atoms with van der Waals surface area (Å²) in [6.07, 6.45) is 4.91. The zero-order chi connectivity index (χ0) is 33.2. The minimum absolute atomic E-state index is 0.0461. The summed E-state index contributed by atoms with van der Waals surface area (Å²) in [5.74, 6) is -1.67. The highest BCUT2D eigenvalue weighted by atomic mass is 16.2. The van der Waals surface area contributed by atoms with Crippen LogP contribution < -0.4 is 32.7 Å². The first-order valence-electron chi connectivity index (χ1n) is 15.9. The van der Waals surface area contributed by atoms with Crippen molar-refractivity contribution >= 4 is 29.9 Å². The molecule has 44 heavy (non-hydrogen) atoms. The lowest BCUT2D eigenvalue weighted by Gasteiger charge is -2.27. The monoisotopic (exact) mass is 615 g/mol. The van der Waals surface area contributed by atoms with Crippen LogP contribution in [0.25, 0.3) is 0 Å². The Morgan fingerprint density at radius 3 is 1.66 bits per heavy atom. The molecule has 0 unspecified atom stereocenters. The van der Waals surface area contributed by atoms with Gasteiger partial charge >= 0.3 is 0 Å². The van der Waals surface area contributed by atoms with E-state index >= 15 is 0 Å². The van der Waals surface area contributed by atoms with Gasteiger partial charge in [-0.15, -0.1) is 0 Å². The Morgan fingerprint density at radius 1 is 0.682 bits per heavy atom. The standard InChI is InChI=1S/C33H55N6O5/c1-21(2)16-26(35)30(41)37-28(18-23(5)6)32(43)39-29(19-24-12-8-7-9-13-24)33(44)38-27(17-22(3)4)31(42)36-25(20-40)14-10-11-15-34/h7-9,12-13,21-23,25-29H,10-11,14-19,34-35H2,1-6H3,(H,36,42)(H,37,41)(H,38,44)(H,39,43)/t25-,26-,27-,28-,29-/m0/s1. The average molecular weight is 616 g/mol. The molecule has 5 atom stereocenters. The molecule has 0 bridgehead atoms. The molecule has 1 aromatic rings. The summed E-state index contributed by atoms with van der Waals surface area (Å²) in [7, 11) is 0. The van der Waals surface area contributed by atoms with Gasteiger partial charge in [0.2, 0.25) is 29.9 Å². The summed E-state index contributed by atoms with van der Waals surface area (Å²) < 4.78 is 0. The summed E-state index contributed by atoms with van der Waals surface area (Å²) >= 11 is 0. The predicted molar refractivity (Wildman–Crippen MR) is 173 cm³/mol. The van der Waals surface area contributed by atoms with Crippen molar-refractivity contribution in [2.45, 2.75) is 117 Å². The quantitative estimate of drug-likeness (QED) is 0.114. The zero-order valence-electron chi connectivity index (χ0n) is 27.4. The van der Waals surface area contributed by atoms with E-state index in [0.717, 1.165) is 5.56 Å². The number of nitrogens with one attached hydrogen (secondary N) is 4. The highest BCUT2D eigenvalue weighted by molar-refractivity contribution is 5.95. The van der Waals surface area contributed by atoms with Crippen molar-refractivity contribution in [3.8, 4) is 0 Å². The SMILES string of the molecule is CC(C)C[C@H](NC(=O)[C@H](Cc1ccccc1)NC(=O)[C@H](CC(C)C)NC(=O)[C@@H](N)CC(C)C)C(=O)N[C@H]([C]=O)CCCCN. The summed E-state index contributed by atoms with van der Waals surface area (Å²) in [4.78, 5) is 64.9. The Hall–Kier alpha value is -3.31. The fraction of sp³-hybridized carbons (Fsp3) is 0.667. The number of carbonyl (C=O) groups excluding carboxylic acids is 5. The van der Waals surface area contributed by atoms with Gasteiger partial charge in [-0.05, 0) is 68.4 Å². The van der Waals surface area contributed by atoms with E-state index in [2.05, 4.69) is 21.3 Å².